The molecule has 68 valence electrons. The number of nitrogens with zero attached hydrogens (tertiary/aromatic N) is 2. The molecule has 1 aromatic heterocycles. The van der Waals surface area contributed by atoms with Crippen LogP contribution in [0.4, 0.5) is 0 Å². The Bertz CT molecular complexity index is 450. The largest absolute Gasteiger partial charge is 0.495 e. The summed E-state index contributed by atoms with van der Waals surface area (Å²) in [6.45, 7) is 0. The third kappa shape index (κ3) is 1.35. The molecule has 2 aromatic rings. The SMILES string of the molecule is COc1cc2cn(C)nc2cc1Cl. The molecule has 0 atom stereocenters. The zero-order chi connectivity index (χ0) is 9.42. The van der Waals surface area contributed by atoms with Gasteiger partial charge in [-0.3, -0.25) is 4.68 Å². The van der Waals surface area contributed by atoms with E-state index in [0.717, 1.165) is 10.9 Å². The van der Waals surface area contributed by atoms with Crippen molar-refractivity contribution >= 4 is 22.5 Å². The molecule has 0 saturated carbocycles. The van der Waals surface area contributed by atoms with E-state index < -0.39 is 0 Å². The minimum Gasteiger partial charge on any atom is -0.495 e. The van der Waals surface area contributed by atoms with E-state index in [1.807, 2.05) is 19.3 Å². The first-order valence-corrected chi connectivity index (χ1v) is 4.25. The number of ether oxygens (including phenoxy) is 1. The number of methoxy groups -OCH3 is 1. The van der Waals surface area contributed by atoms with Crippen LogP contribution >= 0.6 is 11.6 Å². The van der Waals surface area contributed by atoms with E-state index in [1.165, 1.54) is 0 Å². The monoisotopic (exact) mass is 196 g/mol. The van der Waals surface area contributed by atoms with Gasteiger partial charge in [-0.2, -0.15) is 5.10 Å². The number of hydrogen-bond acceptors (Lipinski definition) is 2. The van der Waals surface area contributed by atoms with Crippen molar-refractivity contribution in [2.75, 3.05) is 7.11 Å². The second-order valence-corrected chi connectivity index (χ2v) is 3.26. The second kappa shape index (κ2) is 2.92. The first kappa shape index (κ1) is 8.38. The Labute approximate surface area is 80.9 Å². The molecule has 4 heteroatoms. The standard InChI is InChI=1S/C9H9ClN2O/c1-12-5-6-3-9(13-2)7(10)4-8(6)11-12/h3-5H,1-2H3. The zero-order valence-electron chi connectivity index (χ0n) is 7.41. The normalized spacial score (nSPS) is 10.7. The summed E-state index contributed by atoms with van der Waals surface area (Å²) in [6.07, 6.45) is 1.92. The highest BCUT2D eigenvalue weighted by molar-refractivity contribution is 6.32. The quantitative estimate of drug-likeness (QED) is 0.700. The van der Waals surface area contributed by atoms with Crippen molar-refractivity contribution in [3.05, 3.63) is 23.4 Å². The van der Waals surface area contributed by atoms with Crippen molar-refractivity contribution in [3.63, 3.8) is 0 Å². The van der Waals surface area contributed by atoms with Crippen LogP contribution in [-0.2, 0) is 7.05 Å². The number of benzene rings is 1. The van der Waals surface area contributed by atoms with Crippen LogP contribution in [0, 0.1) is 0 Å². The Morgan fingerprint density at radius 1 is 1.46 bits per heavy atom. The van der Waals surface area contributed by atoms with E-state index in [1.54, 1.807) is 17.9 Å². The molecular weight excluding hydrogens is 188 g/mol. The lowest BCUT2D eigenvalue weighted by Crippen LogP contribution is -1.85. The van der Waals surface area contributed by atoms with Crippen molar-refractivity contribution in [2.24, 2.45) is 7.05 Å². The first-order chi connectivity index (χ1) is 6.20. The van der Waals surface area contributed by atoms with Crippen molar-refractivity contribution in [3.8, 4) is 5.75 Å². The van der Waals surface area contributed by atoms with Gasteiger partial charge in [0.05, 0.1) is 17.6 Å². The van der Waals surface area contributed by atoms with Crippen LogP contribution in [-0.4, -0.2) is 16.9 Å². The van der Waals surface area contributed by atoms with Gasteiger partial charge in [0.25, 0.3) is 0 Å². The predicted molar refractivity (Wildman–Crippen MR) is 52.3 cm³/mol. The van der Waals surface area contributed by atoms with Gasteiger partial charge in [-0.1, -0.05) is 11.6 Å². The van der Waals surface area contributed by atoms with Gasteiger partial charge in [0.2, 0.25) is 0 Å². The number of halogens is 1. The average Bonchev–Trinajstić information content (AvgIpc) is 2.42. The van der Waals surface area contributed by atoms with E-state index >= 15 is 0 Å². The van der Waals surface area contributed by atoms with Gasteiger partial charge >= 0.3 is 0 Å². The van der Waals surface area contributed by atoms with Crippen LogP contribution in [0.1, 0.15) is 0 Å². The van der Waals surface area contributed by atoms with Gasteiger partial charge in [-0.25, -0.2) is 0 Å². The number of rotatable bonds is 1. The van der Waals surface area contributed by atoms with Gasteiger partial charge < -0.3 is 4.74 Å². The van der Waals surface area contributed by atoms with E-state index in [9.17, 15) is 0 Å². The summed E-state index contributed by atoms with van der Waals surface area (Å²) in [6, 6.07) is 3.68. The highest BCUT2D eigenvalue weighted by Gasteiger charge is 2.05. The molecule has 0 aliphatic carbocycles. The smallest absolute Gasteiger partial charge is 0.138 e. The van der Waals surface area contributed by atoms with Gasteiger partial charge in [0, 0.05) is 18.6 Å². The second-order valence-electron chi connectivity index (χ2n) is 2.85. The molecule has 1 heterocycles. The molecular formula is C9H9ClN2O. The average molecular weight is 197 g/mol. The molecule has 0 spiro atoms. The Balaban J connectivity index is 2.72. The van der Waals surface area contributed by atoms with Crippen molar-refractivity contribution < 1.29 is 4.74 Å². The molecule has 0 N–H and O–H groups in total. The fourth-order valence-corrected chi connectivity index (χ4v) is 1.54. The Morgan fingerprint density at radius 2 is 2.23 bits per heavy atom. The summed E-state index contributed by atoms with van der Waals surface area (Å²) in [4.78, 5) is 0. The van der Waals surface area contributed by atoms with Crippen molar-refractivity contribution in [2.45, 2.75) is 0 Å². The van der Waals surface area contributed by atoms with Crippen LogP contribution in [0.25, 0.3) is 10.9 Å². The van der Waals surface area contributed by atoms with E-state index in [0.29, 0.717) is 10.8 Å². The molecule has 0 fully saturated rings. The minimum absolute atomic E-state index is 0.591. The Hall–Kier alpha value is -1.22. The molecule has 2 rings (SSSR count). The number of fused-ring (bicyclic) bond motifs is 1. The maximum atomic E-state index is 5.94. The minimum atomic E-state index is 0.591. The predicted octanol–water partition coefficient (Wildman–Crippen LogP) is 2.24. The van der Waals surface area contributed by atoms with Crippen LogP contribution in [0.3, 0.4) is 0 Å². The molecule has 13 heavy (non-hydrogen) atoms. The molecule has 0 radical (unpaired) electrons. The molecule has 0 saturated heterocycles. The van der Waals surface area contributed by atoms with E-state index in [4.69, 9.17) is 16.3 Å². The van der Waals surface area contributed by atoms with Crippen LogP contribution in [0.5, 0.6) is 5.75 Å². The Morgan fingerprint density at radius 3 is 2.92 bits per heavy atom. The van der Waals surface area contributed by atoms with Crippen molar-refractivity contribution in [1.82, 2.24) is 9.78 Å². The van der Waals surface area contributed by atoms with Crippen LogP contribution < -0.4 is 4.74 Å². The Kier molecular flexibility index (Phi) is 1.88. The number of hydrogen-bond donors (Lipinski definition) is 0. The number of aromatic nitrogens is 2. The molecule has 0 amide bonds. The summed E-state index contributed by atoms with van der Waals surface area (Å²) >= 11 is 5.94. The zero-order valence-corrected chi connectivity index (χ0v) is 8.17. The van der Waals surface area contributed by atoms with Crippen LogP contribution in [0.15, 0.2) is 18.3 Å². The van der Waals surface area contributed by atoms with E-state index in [-0.39, 0.29) is 0 Å². The fourth-order valence-electron chi connectivity index (χ4n) is 1.31. The third-order valence-corrected chi connectivity index (χ3v) is 2.19. The molecule has 3 nitrogen and oxygen atoms in total. The van der Waals surface area contributed by atoms with Gasteiger partial charge in [0.1, 0.15) is 5.75 Å². The maximum absolute atomic E-state index is 5.94. The van der Waals surface area contributed by atoms with Gasteiger partial charge in [0.15, 0.2) is 0 Å². The fraction of sp³-hybridized carbons (Fsp3) is 0.222. The summed E-state index contributed by atoms with van der Waals surface area (Å²) < 4.78 is 6.84. The molecule has 0 bridgehead atoms. The number of aryl methyl sites for hydroxylation is 1. The topological polar surface area (TPSA) is 27.1 Å². The molecule has 0 aliphatic rings. The van der Waals surface area contributed by atoms with Gasteiger partial charge in [-0.15, -0.1) is 0 Å². The summed E-state index contributed by atoms with van der Waals surface area (Å²) in [7, 11) is 3.48. The molecule has 1 aromatic carbocycles. The highest BCUT2D eigenvalue weighted by atomic mass is 35.5. The van der Waals surface area contributed by atoms with Crippen molar-refractivity contribution in [1.29, 1.82) is 0 Å². The third-order valence-electron chi connectivity index (χ3n) is 1.89. The lowest BCUT2D eigenvalue weighted by molar-refractivity contribution is 0.415. The first-order valence-electron chi connectivity index (χ1n) is 3.87. The summed E-state index contributed by atoms with van der Waals surface area (Å²) in [5.41, 5.74) is 0.883. The molecule has 0 aliphatic heterocycles. The molecule has 0 unspecified atom stereocenters. The van der Waals surface area contributed by atoms with Gasteiger partial charge in [-0.05, 0) is 12.1 Å². The lowest BCUT2D eigenvalue weighted by atomic mass is 10.2. The maximum Gasteiger partial charge on any atom is 0.138 e. The summed E-state index contributed by atoms with van der Waals surface area (Å²) in [5.74, 6) is 0.683. The lowest BCUT2D eigenvalue weighted by Gasteiger charge is -2.00. The van der Waals surface area contributed by atoms with E-state index in [2.05, 4.69) is 5.10 Å². The van der Waals surface area contributed by atoms with Crippen LogP contribution in [0.2, 0.25) is 5.02 Å². The summed E-state index contributed by atoms with van der Waals surface area (Å²) in [5, 5.41) is 5.85. The highest BCUT2D eigenvalue weighted by Crippen LogP contribution is 2.28.